The first kappa shape index (κ1) is 12.2. The summed E-state index contributed by atoms with van der Waals surface area (Å²) in [6, 6.07) is 8.86. The van der Waals surface area contributed by atoms with Crippen molar-refractivity contribution < 1.29 is 9.50 Å². The van der Waals surface area contributed by atoms with E-state index in [1.807, 2.05) is 25.1 Å². The molecule has 0 bridgehead atoms. The summed E-state index contributed by atoms with van der Waals surface area (Å²) in [5, 5.41) is 11.4. The molecular formula is C16H16FNO. The van der Waals surface area contributed by atoms with Crippen molar-refractivity contribution in [3.05, 3.63) is 47.3 Å². The van der Waals surface area contributed by atoms with Gasteiger partial charge in [-0.25, -0.2) is 4.39 Å². The molecule has 0 aliphatic carbocycles. The van der Waals surface area contributed by atoms with E-state index in [1.54, 1.807) is 6.07 Å². The lowest BCUT2D eigenvalue weighted by atomic mass is 10.0. The van der Waals surface area contributed by atoms with Crippen LogP contribution in [0.3, 0.4) is 0 Å². The topological polar surface area (TPSA) is 25.2 Å². The molecule has 0 amide bonds. The summed E-state index contributed by atoms with van der Waals surface area (Å²) in [7, 11) is 0. The first-order valence-electron chi connectivity index (χ1n) is 6.48. The number of aliphatic hydroxyl groups is 1. The summed E-state index contributed by atoms with van der Waals surface area (Å²) in [5.41, 5.74) is 4.06. The lowest BCUT2D eigenvalue weighted by molar-refractivity contribution is 0.281. The van der Waals surface area contributed by atoms with Crippen LogP contribution in [0.1, 0.15) is 18.1 Å². The van der Waals surface area contributed by atoms with Crippen molar-refractivity contribution in [1.82, 2.24) is 4.57 Å². The molecule has 3 aromatic rings. The Bertz CT molecular complexity index is 773. The molecule has 98 valence electrons. The number of hydrogen-bond acceptors (Lipinski definition) is 1. The summed E-state index contributed by atoms with van der Waals surface area (Å²) < 4.78 is 15.7. The first-order valence-corrected chi connectivity index (χ1v) is 6.48. The van der Waals surface area contributed by atoms with Gasteiger partial charge >= 0.3 is 0 Å². The highest BCUT2D eigenvalue weighted by molar-refractivity contribution is 6.10. The van der Waals surface area contributed by atoms with Crippen LogP contribution in [-0.4, -0.2) is 9.67 Å². The minimum Gasteiger partial charge on any atom is -0.392 e. The summed E-state index contributed by atoms with van der Waals surface area (Å²) in [5.74, 6) is -0.226. The van der Waals surface area contributed by atoms with Crippen LogP contribution in [0.15, 0.2) is 30.3 Å². The van der Waals surface area contributed by atoms with Crippen molar-refractivity contribution in [3.63, 3.8) is 0 Å². The van der Waals surface area contributed by atoms with Gasteiger partial charge in [0.1, 0.15) is 5.82 Å². The highest BCUT2D eigenvalue weighted by Gasteiger charge is 2.13. The van der Waals surface area contributed by atoms with E-state index in [2.05, 4.69) is 11.5 Å². The monoisotopic (exact) mass is 257 g/mol. The maximum atomic E-state index is 13.5. The van der Waals surface area contributed by atoms with E-state index in [1.165, 1.54) is 6.07 Å². The first-order chi connectivity index (χ1) is 9.17. The van der Waals surface area contributed by atoms with Crippen molar-refractivity contribution in [3.8, 4) is 0 Å². The zero-order chi connectivity index (χ0) is 13.6. The summed E-state index contributed by atoms with van der Waals surface area (Å²) in [6.07, 6.45) is 0. The molecule has 1 heterocycles. The largest absolute Gasteiger partial charge is 0.392 e. The van der Waals surface area contributed by atoms with Crippen LogP contribution in [0.25, 0.3) is 21.8 Å². The van der Waals surface area contributed by atoms with Crippen molar-refractivity contribution in [2.24, 2.45) is 0 Å². The van der Waals surface area contributed by atoms with Gasteiger partial charge in [-0.1, -0.05) is 6.07 Å². The number of benzene rings is 2. The van der Waals surface area contributed by atoms with Crippen molar-refractivity contribution >= 4 is 21.8 Å². The molecule has 0 aliphatic heterocycles. The summed E-state index contributed by atoms with van der Waals surface area (Å²) >= 11 is 0. The zero-order valence-electron chi connectivity index (χ0n) is 11.1. The standard InChI is InChI=1S/C16H16FNO/c1-3-18-14-7-5-12(17)8-13(14)16-10(2)11(9-19)4-6-15(16)18/h4-8,19H,3,9H2,1-2H3. The Morgan fingerprint density at radius 2 is 1.89 bits per heavy atom. The number of halogens is 1. The van der Waals surface area contributed by atoms with Crippen molar-refractivity contribution in [1.29, 1.82) is 0 Å². The second kappa shape index (κ2) is 4.35. The van der Waals surface area contributed by atoms with Gasteiger partial charge in [0.15, 0.2) is 0 Å². The van der Waals surface area contributed by atoms with Gasteiger partial charge in [-0.05, 0) is 49.2 Å². The third kappa shape index (κ3) is 1.65. The van der Waals surface area contributed by atoms with E-state index in [9.17, 15) is 9.50 Å². The third-order valence-electron chi connectivity index (χ3n) is 3.85. The molecule has 2 nitrogen and oxygen atoms in total. The van der Waals surface area contributed by atoms with Gasteiger partial charge in [-0.3, -0.25) is 0 Å². The third-order valence-corrected chi connectivity index (χ3v) is 3.85. The van der Waals surface area contributed by atoms with Crippen LogP contribution in [0, 0.1) is 12.7 Å². The van der Waals surface area contributed by atoms with Gasteiger partial charge in [0.2, 0.25) is 0 Å². The number of aromatic nitrogens is 1. The molecule has 0 spiro atoms. The fourth-order valence-corrected chi connectivity index (χ4v) is 2.89. The number of rotatable bonds is 2. The van der Waals surface area contributed by atoms with E-state index in [0.29, 0.717) is 0 Å². The number of aliphatic hydroxyl groups excluding tert-OH is 1. The second-order valence-electron chi connectivity index (χ2n) is 4.81. The highest BCUT2D eigenvalue weighted by Crippen LogP contribution is 2.33. The van der Waals surface area contributed by atoms with Gasteiger partial charge in [0, 0.05) is 28.4 Å². The lowest BCUT2D eigenvalue weighted by Gasteiger charge is -2.06. The summed E-state index contributed by atoms with van der Waals surface area (Å²) in [6.45, 7) is 4.91. The molecule has 0 atom stereocenters. The molecule has 1 N–H and O–H groups in total. The Morgan fingerprint density at radius 3 is 2.58 bits per heavy atom. The molecular weight excluding hydrogens is 241 g/mol. The van der Waals surface area contributed by atoms with Crippen molar-refractivity contribution in [2.75, 3.05) is 0 Å². The molecule has 0 saturated carbocycles. The van der Waals surface area contributed by atoms with Crippen LogP contribution in [0.5, 0.6) is 0 Å². The number of nitrogens with zero attached hydrogens (tertiary/aromatic N) is 1. The fraction of sp³-hybridized carbons (Fsp3) is 0.250. The lowest BCUT2D eigenvalue weighted by Crippen LogP contribution is -1.94. The average molecular weight is 257 g/mol. The minimum atomic E-state index is -0.226. The second-order valence-corrected chi connectivity index (χ2v) is 4.81. The Hall–Kier alpha value is -1.87. The normalized spacial score (nSPS) is 11.6. The number of aryl methyl sites for hydroxylation is 2. The predicted molar refractivity (Wildman–Crippen MR) is 75.7 cm³/mol. The minimum absolute atomic E-state index is 0.00981. The van der Waals surface area contributed by atoms with Crippen LogP contribution >= 0.6 is 0 Å². The molecule has 2 aromatic carbocycles. The summed E-state index contributed by atoms with van der Waals surface area (Å²) in [4.78, 5) is 0. The SMILES string of the molecule is CCn1c2ccc(F)cc2c2c(C)c(CO)ccc21. The van der Waals surface area contributed by atoms with Crippen LogP contribution < -0.4 is 0 Å². The van der Waals surface area contributed by atoms with Gasteiger partial charge in [-0.2, -0.15) is 0 Å². The van der Waals surface area contributed by atoms with Gasteiger partial charge < -0.3 is 9.67 Å². The maximum absolute atomic E-state index is 13.5. The average Bonchev–Trinajstić information content (AvgIpc) is 2.72. The Kier molecular flexibility index (Phi) is 2.79. The molecule has 0 aliphatic rings. The zero-order valence-corrected chi connectivity index (χ0v) is 11.1. The molecule has 1 aromatic heterocycles. The van der Waals surface area contributed by atoms with Crippen LogP contribution in [-0.2, 0) is 13.2 Å². The van der Waals surface area contributed by atoms with E-state index in [4.69, 9.17) is 0 Å². The van der Waals surface area contributed by atoms with E-state index < -0.39 is 0 Å². The molecule has 19 heavy (non-hydrogen) atoms. The van der Waals surface area contributed by atoms with Crippen molar-refractivity contribution in [2.45, 2.75) is 27.0 Å². The van der Waals surface area contributed by atoms with Crippen LogP contribution in [0.2, 0.25) is 0 Å². The number of fused-ring (bicyclic) bond motifs is 3. The molecule has 0 radical (unpaired) electrons. The predicted octanol–water partition coefficient (Wildman–Crippen LogP) is 3.75. The fourth-order valence-electron chi connectivity index (χ4n) is 2.89. The molecule has 3 rings (SSSR count). The van der Waals surface area contributed by atoms with E-state index in [-0.39, 0.29) is 12.4 Å². The van der Waals surface area contributed by atoms with Crippen LogP contribution in [0.4, 0.5) is 4.39 Å². The molecule has 0 unspecified atom stereocenters. The number of hydrogen-bond donors (Lipinski definition) is 1. The molecule has 0 fully saturated rings. The van der Waals surface area contributed by atoms with Gasteiger partial charge in [0.25, 0.3) is 0 Å². The smallest absolute Gasteiger partial charge is 0.123 e. The van der Waals surface area contributed by atoms with E-state index in [0.717, 1.165) is 39.5 Å². The Balaban J connectivity index is 2.56. The Morgan fingerprint density at radius 1 is 1.16 bits per heavy atom. The maximum Gasteiger partial charge on any atom is 0.123 e. The molecule has 3 heteroatoms. The Labute approximate surface area is 111 Å². The van der Waals surface area contributed by atoms with Gasteiger partial charge in [-0.15, -0.1) is 0 Å². The quantitative estimate of drug-likeness (QED) is 0.743. The van der Waals surface area contributed by atoms with Gasteiger partial charge in [0.05, 0.1) is 6.61 Å². The van der Waals surface area contributed by atoms with E-state index >= 15 is 0 Å². The molecule has 0 saturated heterocycles. The highest BCUT2D eigenvalue weighted by atomic mass is 19.1.